The highest BCUT2D eigenvalue weighted by Gasteiger charge is 2.13. The van der Waals surface area contributed by atoms with Crippen molar-refractivity contribution in [3.8, 4) is 17.2 Å². The van der Waals surface area contributed by atoms with Gasteiger partial charge in [0.15, 0.2) is 6.61 Å². The van der Waals surface area contributed by atoms with Crippen LogP contribution in [-0.4, -0.2) is 30.7 Å². The number of rotatable bonds is 8. The molecule has 2 rings (SSSR count). The van der Waals surface area contributed by atoms with Crippen molar-refractivity contribution in [2.75, 3.05) is 6.61 Å². The Kier molecular flexibility index (Phi) is 8.95. The molecule has 0 saturated heterocycles. The van der Waals surface area contributed by atoms with Gasteiger partial charge in [-0.25, -0.2) is 5.43 Å². The van der Waals surface area contributed by atoms with Crippen LogP contribution in [0.1, 0.15) is 50.3 Å². The molecule has 0 unspecified atom stereocenters. The number of hydrogen-bond acceptors (Lipinski definition) is 7. The van der Waals surface area contributed by atoms with Gasteiger partial charge in [-0.3, -0.25) is 14.4 Å². The second kappa shape index (κ2) is 11.4. The maximum absolute atomic E-state index is 12.2. The summed E-state index contributed by atoms with van der Waals surface area (Å²) in [5.41, 5.74) is 4.76. The molecule has 32 heavy (non-hydrogen) atoms. The standard InChI is InChI=1S/C23H25BrN2O6/c1-13(2)19-10-20(24)14(3)8-22(19)30-12-23(29)26-25-11-17-6-7-18(31-15(4)27)9-21(17)32-16(5)28/h6-11,13H,12H2,1-5H3,(H,26,29)/b25-11+. The largest absolute Gasteiger partial charge is 0.483 e. The third-order valence-electron chi connectivity index (χ3n) is 4.17. The van der Waals surface area contributed by atoms with Crippen LogP contribution in [0.15, 0.2) is 39.9 Å². The number of ether oxygens (including phenoxy) is 3. The zero-order valence-electron chi connectivity index (χ0n) is 18.5. The average Bonchev–Trinajstić information content (AvgIpc) is 2.69. The van der Waals surface area contributed by atoms with E-state index >= 15 is 0 Å². The van der Waals surface area contributed by atoms with E-state index in [2.05, 4.69) is 26.5 Å². The van der Waals surface area contributed by atoms with Crippen molar-refractivity contribution in [2.45, 2.75) is 40.5 Å². The van der Waals surface area contributed by atoms with Crippen LogP contribution in [0, 0.1) is 6.92 Å². The number of carbonyl (C=O) groups is 3. The number of hydrazone groups is 1. The van der Waals surface area contributed by atoms with E-state index in [4.69, 9.17) is 14.2 Å². The summed E-state index contributed by atoms with van der Waals surface area (Å²) in [5, 5.41) is 3.89. The molecule has 170 valence electrons. The van der Waals surface area contributed by atoms with Crippen LogP contribution >= 0.6 is 15.9 Å². The number of nitrogens with one attached hydrogen (secondary N) is 1. The van der Waals surface area contributed by atoms with Crippen LogP contribution in [-0.2, 0) is 14.4 Å². The second-order valence-corrected chi connectivity index (χ2v) is 8.12. The predicted molar refractivity (Wildman–Crippen MR) is 123 cm³/mol. The number of hydrogen-bond donors (Lipinski definition) is 1. The maximum atomic E-state index is 12.2. The van der Waals surface area contributed by atoms with Crippen molar-refractivity contribution < 1.29 is 28.6 Å². The van der Waals surface area contributed by atoms with Gasteiger partial charge >= 0.3 is 11.9 Å². The van der Waals surface area contributed by atoms with Gasteiger partial charge < -0.3 is 14.2 Å². The molecule has 0 radical (unpaired) electrons. The summed E-state index contributed by atoms with van der Waals surface area (Å²) in [7, 11) is 0. The van der Waals surface area contributed by atoms with E-state index in [0.29, 0.717) is 11.3 Å². The molecule has 0 spiro atoms. The molecule has 2 aromatic carbocycles. The van der Waals surface area contributed by atoms with Crippen LogP contribution in [0.3, 0.4) is 0 Å². The summed E-state index contributed by atoms with van der Waals surface area (Å²) in [6, 6.07) is 8.32. The van der Waals surface area contributed by atoms with Crippen molar-refractivity contribution in [1.29, 1.82) is 0 Å². The lowest BCUT2D eigenvalue weighted by Crippen LogP contribution is -2.25. The van der Waals surface area contributed by atoms with Gasteiger partial charge in [0, 0.05) is 30.0 Å². The molecular formula is C23H25BrN2O6. The smallest absolute Gasteiger partial charge is 0.308 e. The zero-order chi connectivity index (χ0) is 23.8. The van der Waals surface area contributed by atoms with Crippen molar-refractivity contribution in [3.63, 3.8) is 0 Å². The Balaban J connectivity index is 2.05. The van der Waals surface area contributed by atoms with E-state index in [1.54, 1.807) is 6.07 Å². The summed E-state index contributed by atoms with van der Waals surface area (Å²) in [6.45, 7) is 8.31. The lowest BCUT2D eigenvalue weighted by atomic mass is 10.0. The first-order valence-electron chi connectivity index (χ1n) is 9.82. The highest BCUT2D eigenvalue weighted by molar-refractivity contribution is 9.10. The normalized spacial score (nSPS) is 10.8. The Labute approximate surface area is 195 Å². The molecule has 2 aromatic rings. The molecule has 1 N–H and O–H groups in total. The van der Waals surface area contributed by atoms with Crippen LogP contribution in [0.25, 0.3) is 0 Å². The lowest BCUT2D eigenvalue weighted by molar-refractivity contribution is -0.132. The number of esters is 2. The lowest BCUT2D eigenvalue weighted by Gasteiger charge is -2.15. The highest BCUT2D eigenvalue weighted by atomic mass is 79.9. The van der Waals surface area contributed by atoms with Crippen LogP contribution in [0.4, 0.5) is 0 Å². The Bertz CT molecular complexity index is 1050. The molecule has 1 amide bonds. The Morgan fingerprint density at radius 3 is 2.38 bits per heavy atom. The summed E-state index contributed by atoms with van der Waals surface area (Å²) in [5.74, 6) is -0.305. The predicted octanol–water partition coefficient (Wildman–Crippen LogP) is 4.26. The molecule has 0 aliphatic heterocycles. The number of aryl methyl sites for hydroxylation is 1. The van der Waals surface area contributed by atoms with Gasteiger partial charge in [0.1, 0.15) is 17.2 Å². The fourth-order valence-corrected chi connectivity index (χ4v) is 3.05. The first-order chi connectivity index (χ1) is 15.1. The summed E-state index contributed by atoms with van der Waals surface area (Å²) in [4.78, 5) is 34.7. The molecule has 0 atom stereocenters. The van der Waals surface area contributed by atoms with E-state index in [9.17, 15) is 14.4 Å². The van der Waals surface area contributed by atoms with Gasteiger partial charge in [0.05, 0.1) is 6.21 Å². The molecule has 8 nitrogen and oxygen atoms in total. The third kappa shape index (κ3) is 7.49. The van der Waals surface area contributed by atoms with Crippen molar-refractivity contribution >= 4 is 40.0 Å². The van der Waals surface area contributed by atoms with Crippen molar-refractivity contribution in [1.82, 2.24) is 5.43 Å². The quantitative estimate of drug-likeness (QED) is 0.249. The monoisotopic (exact) mass is 504 g/mol. The third-order valence-corrected chi connectivity index (χ3v) is 5.02. The minimum Gasteiger partial charge on any atom is -0.483 e. The fraction of sp³-hybridized carbons (Fsp3) is 0.304. The van der Waals surface area contributed by atoms with Gasteiger partial charge in [-0.1, -0.05) is 29.8 Å². The molecule has 0 aromatic heterocycles. The van der Waals surface area contributed by atoms with Gasteiger partial charge in [-0.2, -0.15) is 5.10 Å². The molecule has 0 aliphatic carbocycles. The molecule has 0 fully saturated rings. The number of amides is 1. The molecule has 0 aliphatic rings. The number of carbonyl (C=O) groups excluding carboxylic acids is 3. The van der Waals surface area contributed by atoms with Crippen molar-refractivity contribution in [3.05, 3.63) is 51.5 Å². The minimum absolute atomic E-state index is 0.136. The van der Waals surface area contributed by atoms with E-state index in [1.165, 1.54) is 32.2 Å². The molecule has 0 heterocycles. The van der Waals surface area contributed by atoms with Crippen LogP contribution < -0.4 is 19.6 Å². The Morgan fingerprint density at radius 1 is 1.06 bits per heavy atom. The topological polar surface area (TPSA) is 103 Å². The average molecular weight is 505 g/mol. The molecule has 9 heteroatoms. The summed E-state index contributed by atoms with van der Waals surface area (Å²) in [6.07, 6.45) is 1.32. The summed E-state index contributed by atoms with van der Waals surface area (Å²) < 4.78 is 16.8. The van der Waals surface area contributed by atoms with Crippen LogP contribution in [0.2, 0.25) is 0 Å². The number of halogens is 1. The Hall–Kier alpha value is -3.20. The van der Waals surface area contributed by atoms with Gasteiger partial charge in [-0.05, 0) is 48.2 Å². The zero-order valence-corrected chi connectivity index (χ0v) is 20.1. The van der Waals surface area contributed by atoms with Gasteiger partial charge in [0.2, 0.25) is 0 Å². The molecule has 0 bridgehead atoms. The van der Waals surface area contributed by atoms with E-state index in [-0.39, 0.29) is 24.0 Å². The Morgan fingerprint density at radius 2 is 1.75 bits per heavy atom. The van der Waals surface area contributed by atoms with Gasteiger partial charge in [-0.15, -0.1) is 0 Å². The van der Waals surface area contributed by atoms with Crippen molar-refractivity contribution in [2.24, 2.45) is 5.10 Å². The SMILES string of the molecule is CC(=O)Oc1ccc(/C=N/NC(=O)COc2cc(C)c(Br)cc2C(C)C)c(OC(C)=O)c1. The highest BCUT2D eigenvalue weighted by Crippen LogP contribution is 2.32. The van der Waals surface area contributed by atoms with E-state index in [0.717, 1.165) is 15.6 Å². The fourth-order valence-electron chi connectivity index (χ4n) is 2.69. The molecular weight excluding hydrogens is 480 g/mol. The summed E-state index contributed by atoms with van der Waals surface area (Å²) >= 11 is 3.51. The second-order valence-electron chi connectivity index (χ2n) is 7.26. The van der Waals surface area contributed by atoms with Gasteiger partial charge in [0.25, 0.3) is 5.91 Å². The van der Waals surface area contributed by atoms with E-state index < -0.39 is 17.8 Å². The minimum atomic E-state index is -0.553. The number of nitrogens with zero attached hydrogens (tertiary/aromatic N) is 1. The first-order valence-corrected chi connectivity index (χ1v) is 10.6. The number of benzene rings is 2. The van der Waals surface area contributed by atoms with Crippen LogP contribution in [0.5, 0.6) is 17.2 Å². The van der Waals surface area contributed by atoms with E-state index in [1.807, 2.05) is 32.9 Å². The molecule has 0 saturated carbocycles. The first kappa shape index (κ1) is 25.1. The maximum Gasteiger partial charge on any atom is 0.308 e.